The van der Waals surface area contributed by atoms with Gasteiger partial charge in [-0.1, -0.05) is 6.92 Å². The molecule has 0 aromatic carbocycles. The average Bonchev–Trinajstić information content (AvgIpc) is 2.74. The number of rotatable bonds is 6. The molecule has 90 valence electrons. The van der Waals surface area contributed by atoms with E-state index in [-0.39, 0.29) is 11.9 Å². The van der Waals surface area contributed by atoms with Gasteiger partial charge < -0.3 is 10.6 Å². The maximum atomic E-state index is 11.1. The SMILES string of the molecule is CCc1ccc(CNC(C)CC(=O)NC)s1. The van der Waals surface area contributed by atoms with Crippen molar-refractivity contribution >= 4 is 17.2 Å². The van der Waals surface area contributed by atoms with Crippen molar-refractivity contribution in [1.82, 2.24) is 10.6 Å². The zero-order valence-electron chi connectivity index (χ0n) is 10.2. The number of hydrogen-bond acceptors (Lipinski definition) is 3. The zero-order chi connectivity index (χ0) is 12.0. The number of thiophene rings is 1. The molecule has 0 fully saturated rings. The third-order valence-electron chi connectivity index (χ3n) is 2.46. The summed E-state index contributed by atoms with van der Waals surface area (Å²) >= 11 is 1.84. The number of nitrogens with one attached hydrogen (secondary N) is 2. The average molecular weight is 240 g/mol. The van der Waals surface area contributed by atoms with Gasteiger partial charge in [-0.2, -0.15) is 0 Å². The van der Waals surface area contributed by atoms with E-state index in [1.807, 2.05) is 18.3 Å². The minimum Gasteiger partial charge on any atom is -0.359 e. The Balaban J connectivity index is 2.31. The van der Waals surface area contributed by atoms with Crippen LogP contribution in [0.5, 0.6) is 0 Å². The van der Waals surface area contributed by atoms with Gasteiger partial charge in [0.1, 0.15) is 0 Å². The monoisotopic (exact) mass is 240 g/mol. The molecule has 1 amide bonds. The maximum absolute atomic E-state index is 11.1. The van der Waals surface area contributed by atoms with E-state index in [0.717, 1.165) is 13.0 Å². The Morgan fingerprint density at radius 3 is 2.69 bits per heavy atom. The van der Waals surface area contributed by atoms with Gasteiger partial charge in [-0.25, -0.2) is 0 Å². The summed E-state index contributed by atoms with van der Waals surface area (Å²) in [6.45, 7) is 5.05. The van der Waals surface area contributed by atoms with Crippen molar-refractivity contribution in [3.63, 3.8) is 0 Å². The second-order valence-electron chi connectivity index (χ2n) is 3.88. The van der Waals surface area contributed by atoms with Crippen molar-refractivity contribution in [2.45, 2.75) is 39.3 Å². The van der Waals surface area contributed by atoms with Crippen LogP contribution in [-0.2, 0) is 17.8 Å². The molecule has 0 aliphatic rings. The summed E-state index contributed by atoms with van der Waals surface area (Å²) < 4.78 is 0. The molecule has 0 saturated heterocycles. The van der Waals surface area contributed by atoms with E-state index >= 15 is 0 Å². The quantitative estimate of drug-likeness (QED) is 0.797. The molecule has 0 saturated carbocycles. The Labute approximate surface area is 101 Å². The van der Waals surface area contributed by atoms with E-state index in [1.54, 1.807) is 7.05 Å². The van der Waals surface area contributed by atoms with Crippen molar-refractivity contribution < 1.29 is 4.79 Å². The van der Waals surface area contributed by atoms with Gasteiger partial charge in [0.25, 0.3) is 0 Å². The van der Waals surface area contributed by atoms with E-state index in [9.17, 15) is 4.79 Å². The first kappa shape index (κ1) is 13.2. The smallest absolute Gasteiger partial charge is 0.221 e. The fourth-order valence-electron chi connectivity index (χ4n) is 1.43. The fraction of sp³-hybridized carbons (Fsp3) is 0.583. The Morgan fingerprint density at radius 1 is 1.44 bits per heavy atom. The van der Waals surface area contributed by atoms with Crippen LogP contribution >= 0.6 is 11.3 Å². The molecule has 0 spiro atoms. The largest absolute Gasteiger partial charge is 0.359 e. The molecular weight excluding hydrogens is 220 g/mol. The molecule has 0 radical (unpaired) electrons. The molecule has 3 nitrogen and oxygen atoms in total. The molecule has 1 unspecified atom stereocenters. The zero-order valence-corrected chi connectivity index (χ0v) is 11.0. The lowest BCUT2D eigenvalue weighted by molar-refractivity contribution is -0.121. The highest BCUT2D eigenvalue weighted by Crippen LogP contribution is 2.16. The van der Waals surface area contributed by atoms with Crippen LogP contribution in [0.4, 0.5) is 0 Å². The Kier molecular flexibility index (Phi) is 5.49. The van der Waals surface area contributed by atoms with Crippen LogP contribution in [-0.4, -0.2) is 19.0 Å². The third kappa shape index (κ3) is 4.33. The van der Waals surface area contributed by atoms with Gasteiger partial charge in [0.15, 0.2) is 0 Å². The first-order valence-corrected chi connectivity index (χ1v) is 6.49. The lowest BCUT2D eigenvalue weighted by atomic mass is 10.2. The van der Waals surface area contributed by atoms with Crippen molar-refractivity contribution in [3.05, 3.63) is 21.9 Å². The van der Waals surface area contributed by atoms with E-state index in [2.05, 4.69) is 29.7 Å². The summed E-state index contributed by atoms with van der Waals surface area (Å²) in [5.74, 6) is 0.0837. The summed E-state index contributed by atoms with van der Waals surface area (Å²) in [6.07, 6.45) is 1.63. The molecule has 1 aromatic rings. The highest BCUT2D eigenvalue weighted by Gasteiger charge is 2.07. The molecule has 1 aromatic heterocycles. The minimum atomic E-state index is 0.0837. The lowest BCUT2D eigenvalue weighted by Crippen LogP contribution is -2.31. The summed E-state index contributed by atoms with van der Waals surface area (Å²) in [7, 11) is 1.67. The Bertz CT molecular complexity index is 336. The van der Waals surface area contributed by atoms with Crippen LogP contribution in [0.3, 0.4) is 0 Å². The van der Waals surface area contributed by atoms with Crippen LogP contribution < -0.4 is 10.6 Å². The molecule has 2 N–H and O–H groups in total. The normalized spacial score (nSPS) is 12.4. The predicted molar refractivity (Wildman–Crippen MR) is 68.7 cm³/mol. The van der Waals surface area contributed by atoms with Gasteiger partial charge in [-0.15, -0.1) is 11.3 Å². The number of hydrogen-bond donors (Lipinski definition) is 2. The molecule has 0 aliphatic heterocycles. The molecule has 0 aliphatic carbocycles. The van der Waals surface area contributed by atoms with Crippen LogP contribution in [0.15, 0.2) is 12.1 Å². The third-order valence-corrected chi connectivity index (χ3v) is 3.69. The molecule has 16 heavy (non-hydrogen) atoms. The van der Waals surface area contributed by atoms with E-state index in [0.29, 0.717) is 6.42 Å². The van der Waals surface area contributed by atoms with Crippen molar-refractivity contribution in [1.29, 1.82) is 0 Å². The minimum absolute atomic E-state index is 0.0837. The topological polar surface area (TPSA) is 41.1 Å². The van der Waals surface area contributed by atoms with Crippen LogP contribution in [0, 0.1) is 0 Å². The maximum Gasteiger partial charge on any atom is 0.221 e. The van der Waals surface area contributed by atoms with Crippen LogP contribution in [0.1, 0.15) is 30.0 Å². The second kappa shape index (κ2) is 6.66. The highest BCUT2D eigenvalue weighted by molar-refractivity contribution is 7.11. The molecule has 1 rings (SSSR count). The van der Waals surface area contributed by atoms with E-state index in [4.69, 9.17) is 0 Å². The number of carbonyl (C=O) groups is 1. The summed E-state index contributed by atoms with van der Waals surface area (Å²) in [5, 5.41) is 5.98. The van der Waals surface area contributed by atoms with Gasteiger partial charge in [-0.3, -0.25) is 4.79 Å². The molecule has 1 heterocycles. The second-order valence-corrected chi connectivity index (χ2v) is 5.13. The van der Waals surface area contributed by atoms with Gasteiger partial charge in [0.2, 0.25) is 5.91 Å². The first-order chi connectivity index (χ1) is 7.65. The highest BCUT2D eigenvalue weighted by atomic mass is 32.1. The predicted octanol–water partition coefficient (Wildman–Crippen LogP) is 1.92. The van der Waals surface area contributed by atoms with Crippen molar-refractivity contribution in [3.8, 4) is 0 Å². The molecular formula is C12H20N2OS. The van der Waals surface area contributed by atoms with Crippen LogP contribution in [0.2, 0.25) is 0 Å². The lowest BCUT2D eigenvalue weighted by Gasteiger charge is -2.11. The van der Waals surface area contributed by atoms with Gasteiger partial charge in [0, 0.05) is 35.8 Å². The summed E-state index contributed by atoms with van der Waals surface area (Å²) in [6, 6.07) is 4.54. The Hall–Kier alpha value is -0.870. The van der Waals surface area contributed by atoms with E-state index in [1.165, 1.54) is 9.75 Å². The molecule has 4 heteroatoms. The number of amides is 1. The summed E-state index contributed by atoms with van der Waals surface area (Å²) in [4.78, 5) is 13.9. The van der Waals surface area contributed by atoms with Crippen LogP contribution in [0.25, 0.3) is 0 Å². The Morgan fingerprint density at radius 2 is 2.12 bits per heavy atom. The number of aryl methyl sites for hydroxylation is 1. The first-order valence-electron chi connectivity index (χ1n) is 5.67. The van der Waals surface area contributed by atoms with Crippen molar-refractivity contribution in [2.24, 2.45) is 0 Å². The van der Waals surface area contributed by atoms with Gasteiger partial charge >= 0.3 is 0 Å². The standard InChI is InChI=1S/C12H20N2OS/c1-4-10-5-6-11(16-10)8-14-9(2)7-12(15)13-3/h5-6,9,14H,4,7-8H2,1-3H3,(H,13,15). The summed E-state index contributed by atoms with van der Waals surface area (Å²) in [5.41, 5.74) is 0. The fourth-order valence-corrected chi connectivity index (χ4v) is 2.34. The molecule has 1 atom stereocenters. The van der Waals surface area contributed by atoms with Crippen molar-refractivity contribution in [2.75, 3.05) is 7.05 Å². The van der Waals surface area contributed by atoms with Gasteiger partial charge in [0.05, 0.1) is 0 Å². The number of carbonyl (C=O) groups excluding carboxylic acids is 1. The van der Waals surface area contributed by atoms with E-state index < -0.39 is 0 Å². The van der Waals surface area contributed by atoms with Gasteiger partial charge in [-0.05, 0) is 25.5 Å². The molecule has 0 bridgehead atoms.